The van der Waals surface area contributed by atoms with Crippen molar-refractivity contribution >= 4 is 17.6 Å². The summed E-state index contributed by atoms with van der Waals surface area (Å²) in [6.07, 6.45) is 5.98. The molecule has 0 bridgehead atoms. The zero-order valence-electron chi connectivity index (χ0n) is 12.3. The van der Waals surface area contributed by atoms with Crippen molar-refractivity contribution in [3.8, 4) is 5.75 Å². The number of aromatic nitrogens is 2. The number of rotatable bonds is 4. The zero-order valence-corrected chi connectivity index (χ0v) is 12.3. The molecule has 1 aromatic carbocycles. The summed E-state index contributed by atoms with van der Waals surface area (Å²) in [5.74, 6) is -0.712. The van der Waals surface area contributed by atoms with Crippen molar-refractivity contribution in [3.63, 3.8) is 0 Å². The molecule has 2 aliphatic rings. The fraction of sp³-hybridized carbons (Fsp3) is 0.312. The molecule has 0 atom stereocenters. The maximum Gasteiger partial charge on any atom is 0.335 e. The predicted octanol–water partition coefficient (Wildman–Crippen LogP) is 1.84. The number of carboxylic acids is 1. The number of fused-ring (bicyclic) bond motifs is 1. The Kier molecular flexibility index (Phi) is 3.07. The maximum absolute atomic E-state index is 12.2. The van der Waals surface area contributed by atoms with Crippen LogP contribution in [0.2, 0.25) is 0 Å². The van der Waals surface area contributed by atoms with Crippen LogP contribution in [0.3, 0.4) is 0 Å². The van der Waals surface area contributed by atoms with E-state index in [0.717, 1.165) is 18.4 Å². The minimum absolute atomic E-state index is 0.0455. The third kappa shape index (κ3) is 2.54. The first kappa shape index (κ1) is 13.8. The van der Waals surface area contributed by atoms with Crippen LogP contribution in [0.1, 0.15) is 34.8 Å². The second-order valence-corrected chi connectivity index (χ2v) is 5.82. The van der Waals surface area contributed by atoms with Gasteiger partial charge in [0.2, 0.25) is 0 Å². The predicted molar refractivity (Wildman–Crippen MR) is 80.6 cm³/mol. The Morgan fingerprint density at radius 1 is 1.39 bits per heavy atom. The average molecular weight is 313 g/mol. The van der Waals surface area contributed by atoms with Crippen LogP contribution in [0.15, 0.2) is 30.6 Å². The second kappa shape index (κ2) is 5.12. The molecule has 0 saturated heterocycles. The first-order valence-corrected chi connectivity index (χ1v) is 7.45. The SMILES string of the molecule is O=C(O)c1ccc2c(c1)N(Cc1cnn(C3CC3)c1)C(=O)CO2. The van der Waals surface area contributed by atoms with E-state index >= 15 is 0 Å². The fourth-order valence-electron chi connectivity index (χ4n) is 2.69. The molecule has 2 heterocycles. The maximum atomic E-state index is 12.2. The Morgan fingerprint density at radius 3 is 2.96 bits per heavy atom. The number of nitrogens with zero attached hydrogens (tertiary/aromatic N) is 3. The monoisotopic (exact) mass is 313 g/mol. The van der Waals surface area contributed by atoms with Crippen LogP contribution in [0.4, 0.5) is 5.69 Å². The largest absolute Gasteiger partial charge is 0.482 e. The first-order chi connectivity index (χ1) is 11.1. The molecule has 0 spiro atoms. The summed E-state index contributed by atoms with van der Waals surface area (Å²) >= 11 is 0. The summed E-state index contributed by atoms with van der Waals surface area (Å²) in [5, 5.41) is 13.5. The third-order valence-corrected chi connectivity index (χ3v) is 4.07. The van der Waals surface area contributed by atoms with Gasteiger partial charge in [-0.25, -0.2) is 4.79 Å². The summed E-state index contributed by atoms with van der Waals surface area (Å²) in [4.78, 5) is 24.9. The standard InChI is InChI=1S/C16H15N3O4/c20-15-9-23-14-4-1-11(16(21)22)5-13(14)18(15)7-10-6-17-19(8-10)12-2-3-12/h1,4-6,8,12H,2-3,7,9H2,(H,21,22). The van der Waals surface area contributed by atoms with Gasteiger partial charge in [0.05, 0.1) is 30.0 Å². The molecule has 1 fully saturated rings. The molecule has 7 nitrogen and oxygen atoms in total. The Morgan fingerprint density at radius 2 is 2.22 bits per heavy atom. The van der Waals surface area contributed by atoms with Crippen molar-refractivity contribution in [1.82, 2.24) is 9.78 Å². The van der Waals surface area contributed by atoms with Gasteiger partial charge in [-0.05, 0) is 31.0 Å². The fourth-order valence-corrected chi connectivity index (χ4v) is 2.69. The highest BCUT2D eigenvalue weighted by atomic mass is 16.5. The first-order valence-electron chi connectivity index (χ1n) is 7.45. The third-order valence-electron chi connectivity index (χ3n) is 4.07. The quantitative estimate of drug-likeness (QED) is 0.931. The molecule has 1 saturated carbocycles. The number of anilines is 1. The van der Waals surface area contributed by atoms with Crippen molar-refractivity contribution in [2.75, 3.05) is 11.5 Å². The lowest BCUT2D eigenvalue weighted by molar-refractivity contribution is -0.121. The Bertz CT molecular complexity index is 794. The summed E-state index contributed by atoms with van der Waals surface area (Å²) < 4.78 is 7.31. The zero-order chi connectivity index (χ0) is 16.0. The Hall–Kier alpha value is -2.83. The molecule has 23 heavy (non-hydrogen) atoms. The lowest BCUT2D eigenvalue weighted by Gasteiger charge is -2.29. The Balaban J connectivity index is 1.65. The number of carbonyl (C=O) groups excluding carboxylic acids is 1. The van der Waals surface area contributed by atoms with Crippen LogP contribution in [0, 0.1) is 0 Å². The molecule has 0 unspecified atom stereocenters. The van der Waals surface area contributed by atoms with E-state index in [0.29, 0.717) is 24.0 Å². The molecule has 1 amide bonds. The normalized spacial score (nSPS) is 16.9. The average Bonchev–Trinajstić information content (AvgIpc) is 3.29. The van der Waals surface area contributed by atoms with Gasteiger partial charge in [0, 0.05) is 11.8 Å². The number of carboxylic acid groups (broad SMARTS) is 1. The molecule has 1 aliphatic carbocycles. The summed E-state index contributed by atoms with van der Waals surface area (Å²) in [6.45, 7) is 0.307. The van der Waals surface area contributed by atoms with Crippen LogP contribution in [-0.4, -0.2) is 33.4 Å². The van der Waals surface area contributed by atoms with E-state index in [4.69, 9.17) is 9.84 Å². The van der Waals surface area contributed by atoms with Crippen molar-refractivity contribution in [1.29, 1.82) is 0 Å². The van der Waals surface area contributed by atoms with Gasteiger partial charge in [0.15, 0.2) is 6.61 Å². The van der Waals surface area contributed by atoms with Crippen LogP contribution in [0.5, 0.6) is 5.75 Å². The molecule has 0 radical (unpaired) electrons. The number of carbonyl (C=O) groups is 2. The molecule has 7 heteroatoms. The Labute approximate surface area is 132 Å². The van der Waals surface area contributed by atoms with Crippen molar-refractivity contribution in [3.05, 3.63) is 41.7 Å². The number of benzene rings is 1. The lowest BCUT2D eigenvalue weighted by Crippen LogP contribution is -2.38. The summed E-state index contributed by atoms with van der Waals surface area (Å²) in [5.41, 5.74) is 1.53. The second-order valence-electron chi connectivity index (χ2n) is 5.82. The van der Waals surface area contributed by atoms with Gasteiger partial charge in [-0.15, -0.1) is 0 Å². The van der Waals surface area contributed by atoms with Crippen LogP contribution < -0.4 is 9.64 Å². The van der Waals surface area contributed by atoms with Gasteiger partial charge in [-0.3, -0.25) is 9.48 Å². The highest BCUT2D eigenvalue weighted by Gasteiger charge is 2.28. The highest BCUT2D eigenvalue weighted by Crippen LogP contribution is 2.36. The molecular weight excluding hydrogens is 298 g/mol. The van der Waals surface area contributed by atoms with Crippen molar-refractivity contribution in [2.24, 2.45) is 0 Å². The number of ether oxygens (including phenoxy) is 1. The van der Waals surface area contributed by atoms with Crippen molar-refractivity contribution < 1.29 is 19.4 Å². The smallest absolute Gasteiger partial charge is 0.335 e. The minimum atomic E-state index is -1.03. The van der Waals surface area contributed by atoms with E-state index in [2.05, 4.69) is 5.10 Å². The summed E-state index contributed by atoms with van der Waals surface area (Å²) in [7, 11) is 0. The number of hydrogen-bond acceptors (Lipinski definition) is 4. The summed E-state index contributed by atoms with van der Waals surface area (Å²) in [6, 6.07) is 5.02. The van der Waals surface area contributed by atoms with Crippen LogP contribution in [-0.2, 0) is 11.3 Å². The molecule has 1 N–H and O–H groups in total. The van der Waals surface area contributed by atoms with Gasteiger partial charge < -0.3 is 14.7 Å². The van der Waals surface area contributed by atoms with Crippen molar-refractivity contribution in [2.45, 2.75) is 25.4 Å². The highest BCUT2D eigenvalue weighted by molar-refractivity contribution is 5.99. The minimum Gasteiger partial charge on any atom is -0.482 e. The van der Waals surface area contributed by atoms with Gasteiger partial charge >= 0.3 is 5.97 Å². The topological polar surface area (TPSA) is 84.7 Å². The van der Waals surface area contributed by atoms with E-state index in [9.17, 15) is 9.59 Å². The van der Waals surface area contributed by atoms with E-state index in [1.165, 1.54) is 12.1 Å². The number of aromatic carboxylic acids is 1. The molecule has 2 aromatic rings. The van der Waals surface area contributed by atoms with Gasteiger partial charge in [-0.1, -0.05) is 0 Å². The molecular formula is C16H15N3O4. The molecule has 118 valence electrons. The molecule has 1 aliphatic heterocycles. The molecule has 4 rings (SSSR count). The number of hydrogen-bond donors (Lipinski definition) is 1. The van der Waals surface area contributed by atoms with Gasteiger partial charge in [0.1, 0.15) is 5.75 Å². The van der Waals surface area contributed by atoms with Gasteiger partial charge in [-0.2, -0.15) is 5.10 Å². The number of amides is 1. The van der Waals surface area contributed by atoms with E-state index < -0.39 is 5.97 Å². The lowest BCUT2D eigenvalue weighted by atomic mass is 10.1. The molecule has 1 aromatic heterocycles. The van der Waals surface area contributed by atoms with E-state index in [-0.39, 0.29) is 18.1 Å². The van der Waals surface area contributed by atoms with Gasteiger partial charge in [0.25, 0.3) is 5.91 Å². The van der Waals surface area contributed by atoms with E-state index in [1.807, 2.05) is 10.9 Å². The van der Waals surface area contributed by atoms with Crippen LogP contribution in [0.25, 0.3) is 0 Å². The van der Waals surface area contributed by atoms with Crippen LogP contribution >= 0.6 is 0 Å². The van der Waals surface area contributed by atoms with E-state index in [1.54, 1.807) is 17.2 Å².